The SMILES string of the molecule is COC(=O)[C@H]1CC2CC[C@@H](C)N2c2ccccc21. The van der Waals surface area contributed by atoms with Gasteiger partial charge < -0.3 is 9.64 Å². The van der Waals surface area contributed by atoms with Gasteiger partial charge in [0.2, 0.25) is 0 Å². The highest BCUT2D eigenvalue weighted by atomic mass is 16.5. The van der Waals surface area contributed by atoms with E-state index in [2.05, 4.69) is 30.0 Å². The fourth-order valence-corrected chi connectivity index (χ4v) is 3.52. The lowest BCUT2D eigenvalue weighted by Gasteiger charge is -2.39. The van der Waals surface area contributed by atoms with Crippen molar-refractivity contribution in [2.24, 2.45) is 0 Å². The molecule has 3 heteroatoms. The van der Waals surface area contributed by atoms with Crippen molar-refractivity contribution in [3.05, 3.63) is 29.8 Å². The van der Waals surface area contributed by atoms with E-state index in [-0.39, 0.29) is 11.9 Å². The van der Waals surface area contributed by atoms with Crippen molar-refractivity contribution in [1.82, 2.24) is 0 Å². The van der Waals surface area contributed by atoms with Crippen LogP contribution < -0.4 is 4.90 Å². The number of esters is 1. The van der Waals surface area contributed by atoms with Gasteiger partial charge in [-0.2, -0.15) is 0 Å². The van der Waals surface area contributed by atoms with E-state index in [0.717, 1.165) is 12.0 Å². The largest absolute Gasteiger partial charge is 0.469 e. The van der Waals surface area contributed by atoms with Gasteiger partial charge in [0.05, 0.1) is 13.0 Å². The Morgan fingerprint density at radius 3 is 2.89 bits per heavy atom. The van der Waals surface area contributed by atoms with Crippen molar-refractivity contribution < 1.29 is 9.53 Å². The molecule has 3 atom stereocenters. The van der Waals surface area contributed by atoms with Crippen LogP contribution in [0.15, 0.2) is 24.3 Å². The highest BCUT2D eigenvalue weighted by Gasteiger charge is 2.41. The van der Waals surface area contributed by atoms with Crippen LogP contribution in [0.3, 0.4) is 0 Å². The normalized spacial score (nSPS) is 29.7. The topological polar surface area (TPSA) is 29.5 Å². The summed E-state index contributed by atoms with van der Waals surface area (Å²) in [7, 11) is 1.48. The zero-order chi connectivity index (χ0) is 12.7. The average Bonchev–Trinajstić information content (AvgIpc) is 2.79. The van der Waals surface area contributed by atoms with Crippen molar-refractivity contribution >= 4 is 11.7 Å². The van der Waals surface area contributed by atoms with E-state index in [1.165, 1.54) is 25.6 Å². The molecule has 0 amide bonds. The maximum absolute atomic E-state index is 12.0. The van der Waals surface area contributed by atoms with E-state index in [1.807, 2.05) is 6.07 Å². The second-order valence-corrected chi connectivity index (χ2v) is 5.36. The molecule has 1 fully saturated rings. The summed E-state index contributed by atoms with van der Waals surface area (Å²) >= 11 is 0. The van der Waals surface area contributed by atoms with Crippen molar-refractivity contribution in [3.8, 4) is 0 Å². The van der Waals surface area contributed by atoms with Crippen molar-refractivity contribution in [1.29, 1.82) is 0 Å². The van der Waals surface area contributed by atoms with Gasteiger partial charge >= 0.3 is 5.97 Å². The maximum Gasteiger partial charge on any atom is 0.313 e. The number of para-hydroxylation sites is 1. The highest BCUT2D eigenvalue weighted by Crippen LogP contribution is 2.44. The Morgan fingerprint density at radius 2 is 2.11 bits per heavy atom. The molecule has 1 aromatic rings. The number of benzene rings is 1. The van der Waals surface area contributed by atoms with E-state index >= 15 is 0 Å². The Bertz CT molecular complexity index is 471. The number of ether oxygens (including phenoxy) is 1. The van der Waals surface area contributed by atoms with E-state index in [4.69, 9.17) is 4.74 Å². The molecule has 3 nitrogen and oxygen atoms in total. The predicted molar refractivity (Wildman–Crippen MR) is 70.8 cm³/mol. The van der Waals surface area contributed by atoms with Gasteiger partial charge in [-0.1, -0.05) is 18.2 Å². The number of fused-ring (bicyclic) bond motifs is 3. The molecule has 1 aromatic carbocycles. The lowest BCUT2D eigenvalue weighted by atomic mass is 9.86. The van der Waals surface area contributed by atoms with Gasteiger partial charge in [-0.3, -0.25) is 4.79 Å². The molecule has 1 unspecified atom stereocenters. The summed E-state index contributed by atoms with van der Waals surface area (Å²) in [6.07, 6.45) is 3.30. The van der Waals surface area contributed by atoms with Crippen LogP contribution in [0.25, 0.3) is 0 Å². The van der Waals surface area contributed by atoms with Gasteiger partial charge in [0, 0.05) is 17.8 Å². The second kappa shape index (κ2) is 4.30. The first-order valence-electron chi connectivity index (χ1n) is 6.67. The Labute approximate surface area is 108 Å². The second-order valence-electron chi connectivity index (χ2n) is 5.36. The van der Waals surface area contributed by atoms with Crippen LogP contribution in [-0.2, 0) is 9.53 Å². The Kier molecular flexibility index (Phi) is 2.77. The number of hydrogen-bond acceptors (Lipinski definition) is 3. The molecule has 2 aliphatic rings. The summed E-state index contributed by atoms with van der Waals surface area (Å²) in [6.45, 7) is 2.27. The molecule has 0 aromatic heterocycles. The molecule has 0 N–H and O–H groups in total. The number of hydrogen-bond donors (Lipinski definition) is 0. The fraction of sp³-hybridized carbons (Fsp3) is 0.533. The minimum Gasteiger partial charge on any atom is -0.469 e. The van der Waals surface area contributed by atoms with E-state index in [9.17, 15) is 4.79 Å². The third-order valence-corrected chi connectivity index (χ3v) is 4.37. The molecule has 1 saturated heterocycles. The quantitative estimate of drug-likeness (QED) is 0.712. The molecule has 2 aliphatic heterocycles. The summed E-state index contributed by atoms with van der Waals surface area (Å²) in [5.74, 6) is -0.181. The Hall–Kier alpha value is -1.51. The summed E-state index contributed by atoms with van der Waals surface area (Å²) in [6, 6.07) is 9.35. The van der Waals surface area contributed by atoms with Gasteiger partial charge in [0.15, 0.2) is 0 Å². The number of rotatable bonds is 1. The lowest BCUT2D eigenvalue weighted by molar-refractivity contribution is -0.142. The van der Waals surface area contributed by atoms with Crippen molar-refractivity contribution in [2.75, 3.05) is 12.0 Å². The van der Waals surface area contributed by atoms with E-state index < -0.39 is 0 Å². The number of anilines is 1. The molecule has 0 bridgehead atoms. The van der Waals surface area contributed by atoms with Crippen LogP contribution >= 0.6 is 0 Å². The summed E-state index contributed by atoms with van der Waals surface area (Å²) in [4.78, 5) is 14.5. The molecule has 0 aliphatic carbocycles. The van der Waals surface area contributed by atoms with E-state index in [0.29, 0.717) is 12.1 Å². The molecule has 0 spiro atoms. The molecular formula is C15H19NO2. The first-order valence-corrected chi connectivity index (χ1v) is 6.67. The van der Waals surface area contributed by atoms with Crippen LogP contribution in [0.1, 0.15) is 37.7 Å². The van der Waals surface area contributed by atoms with E-state index in [1.54, 1.807) is 0 Å². The summed E-state index contributed by atoms with van der Waals surface area (Å²) in [5, 5.41) is 0. The molecule has 18 heavy (non-hydrogen) atoms. The summed E-state index contributed by atoms with van der Waals surface area (Å²) < 4.78 is 4.96. The lowest BCUT2D eigenvalue weighted by Crippen LogP contribution is -2.41. The number of nitrogens with zero attached hydrogens (tertiary/aromatic N) is 1. The van der Waals surface area contributed by atoms with Crippen LogP contribution in [0.2, 0.25) is 0 Å². The average molecular weight is 245 g/mol. The van der Waals surface area contributed by atoms with Gasteiger partial charge in [-0.25, -0.2) is 0 Å². The number of carbonyl (C=O) groups is 1. The minimum absolute atomic E-state index is 0.0854. The molecule has 2 heterocycles. The van der Waals surface area contributed by atoms with Crippen LogP contribution in [0, 0.1) is 0 Å². The monoisotopic (exact) mass is 245 g/mol. The molecular weight excluding hydrogens is 226 g/mol. The first-order chi connectivity index (χ1) is 8.72. The predicted octanol–water partition coefficient (Wildman–Crippen LogP) is 2.70. The molecule has 0 radical (unpaired) electrons. The Morgan fingerprint density at radius 1 is 1.33 bits per heavy atom. The number of methoxy groups -OCH3 is 1. The van der Waals surface area contributed by atoms with Crippen molar-refractivity contribution in [3.63, 3.8) is 0 Å². The summed E-state index contributed by atoms with van der Waals surface area (Å²) in [5.41, 5.74) is 2.36. The number of carbonyl (C=O) groups excluding carboxylic acids is 1. The fourth-order valence-electron chi connectivity index (χ4n) is 3.52. The smallest absolute Gasteiger partial charge is 0.313 e. The molecule has 96 valence electrons. The van der Waals surface area contributed by atoms with Gasteiger partial charge in [0.25, 0.3) is 0 Å². The standard InChI is InChI=1S/C15H19NO2/c1-10-7-8-11-9-13(15(17)18-2)12-5-3-4-6-14(12)16(10)11/h3-6,10-11,13H,7-9H2,1-2H3/t10-,11?,13+/m1/s1. The van der Waals surface area contributed by atoms with Gasteiger partial charge in [-0.15, -0.1) is 0 Å². The molecule has 3 rings (SSSR count). The van der Waals surface area contributed by atoms with Crippen LogP contribution in [0.5, 0.6) is 0 Å². The Balaban J connectivity index is 2.06. The van der Waals surface area contributed by atoms with Gasteiger partial charge in [-0.05, 0) is 37.8 Å². The van der Waals surface area contributed by atoms with Gasteiger partial charge in [0.1, 0.15) is 0 Å². The van der Waals surface area contributed by atoms with Crippen LogP contribution in [-0.4, -0.2) is 25.2 Å². The molecule has 0 saturated carbocycles. The third kappa shape index (κ3) is 1.61. The third-order valence-electron chi connectivity index (χ3n) is 4.37. The van der Waals surface area contributed by atoms with Crippen molar-refractivity contribution in [2.45, 2.75) is 44.2 Å². The first kappa shape index (κ1) is 11.6. The zero-order valence-corrected chi connectivity index (χ0v) is 10.9. The highest BCUT2D eigenvalue weighted by molar-refractivity contribution is 5.82. The zero-order valence-electron chi connectivity index (χ0n) is 10.9. The maximum atomic E-state index is 12.0. The van der Waals surface area contributed by atoms with Crippen LogP contribution in [0.4, 0.5) is 5.69 Å². The minimum atomic E-state index is -0.0957.